The SMILES string of the molecule is Cc1ccc(Oc2cc(Cl)ccc2C(N)=S)cc1C. The molecule has 2 nitrogen and oxygen atoms in total. The zero-order valence-corrected chi connectivity index (χ0v) is 12.3. The molecule has 2 aromatic rings. The lowest BCUT2D eigenvalue weighted by molar-refractivity contribution is 0.481. The van der Waals surface area contributed by atoms with Crippen LogP contribution in [-0.4, -0.2) is 4.99 Å². The van der Waals surface area contributed by atoms with Crippen LogP contribution in [0.1, 0.15) is 16.7 Å². The van der Waals surface area contributed by atoms with Gasteiger partial charge in [-0.15, -0.1) is 0 Å². The molecule has 0 aliphatic carbocycles. The fourth-order valence-corrected chi connectivity index (χ4v) is 2.02. The monoisotopic (exact) mass is 291 g/mol. The van der Waals surface area contributed by atoms with Gasteiger partial charge in [-0.25, -0.2) is 0 Å². The number of hydrogen-bond acceptors (Lipinski definition) is 2. The summed E-state index contributed by atoms with van der Waals surface area (Å²) in [5.74, 6) is 1.31. The van der Waals surface area contributed by atoms with Crippen molar-refractivity contribution in [1.29, 1.82) is 0 Å². The van der Waals surface area contributed by atoms with E-state index in [9.17, 15) is 0 Å². The fourth-order valence-electron chi connectivity index (χ4n) is 1.69. The van der Waals surface area contributed by atoms with Crippen LogP contribution in [0.25, 0.3) is 0 Å². The zero-order valence-electron chi connectivity index (χ0n) is 10.7. The molecule has 0 saturated heterocycles. The van der Waals surface area contributed by atoms with E-state index in [2.05, 4.69) is 6.92 Å². The van der Waals surface area contributed by atoms with E-state index in [4.69, 9.17) is 34.3 Å². The highest BCUT2D eigenvalue weighted by atomic mass is 35.5. The first-order valence-corrected chi connectivity index (χ1v) is 6.60. The summed E-state index contributed by atoms with van der Waals surface area (Å²) in [5, 5.41) is 0.582. The van der Waals surface area contributed by atoms with Crippen molar-refractivity contribution in [1.82, 2.24) is 0 Å². The number of hydrogen-bond donors (Lipinski definition) is 1. The lowest BCUT2D eigenvalue weighted by atomic mass is 10.1. The van der Waals surface area contributed by atoms with Crippen LogP contribution < -0.4 is 10.5 Å². The molecule has 0 bridgehead atoms. The van der Waals surface area contributed by atoms with Gasteiger partial charge in [0, 0.05) is 11.1 Å². The van der Waals surface area contributed by atoms with Crippen molar-refractivity contribution >= 4 is 28.8 Å². The van der Waals surface area contributed by atoms with Crippen molar-refractivity contribution < 1.29 is 4.74 Å². The molecular weight excluding hydrogens is 278 g/mol. The molecule has 2 aromatic carbocycles. The molecule has 0 aliphatic heterocycles. The van der Waals surface area contributed by atoms with E-state index in [-0.39, 0.29) is 4.99 Å². The lowest BCUT2D eigenvalue weighted by Crippen LogP contribution is -2.10. The van der Waals surface area contributed by atoms with Crippen molar-refractivity contribution in [3.8, 4) is 11.5 Å². The molecule has 2 rings (SSSR count). The van der Waals surface area contributed by atoms with Crippen LogP contribution in [0.3, 0.4) is 0 Å². The number of benzene rings is 2. The minimum absolute atomic E-state index is 0.288. The Morgan fingerprint density at radius 2 is 1.84 bits per heavy atom. The summed E-state index contributed by atoms with van der Waals surface area (Å²) in [6, 6.07) is 11.1. The molecule has 0 aliphatic rings. The van der Waals surface area contributed by atoms with Crippen molar-refractivity contribution in [2.75, 3.05) is 0 Å². The first-order valence-electron chi connectivity index (χ1n) is 5.82. The molecule has 98 valence electrons. The maximum atomic E-state index is 5.98. The third-order valence-corrected chi connectivity index (χ3v) is 3.37. The van der Waals surface area contributed by atoms with Crippen LogP contribution in [0, 0.1) is 13.8 Å². The van der Waals surface area contributed by atoms with Crippen molar-refractivity contribution in [2.45, 2.75) is 13.8 Å². The van der Waals surface area contributed by atoms with Crippen LogP contribution in [-0.2, 0) is 0 Å². The van der Waals surface area contributed by atoms with Crippen molar-refractivity contribution in [2.24, 2.45) is 5.73 Å². The highest BCUT2D eigenvalue weighted by Gasteiger charge is 2.09. The molecule has 0 radical (unpaired) electrons. The summed E-state index contributed by atoms with van der Waals surface area (Å²) >= 11 is 11.0. The molecule has 0 saturated carbocycles. The molecule has 2 N–H and O–H groups in total. The second-order valence-corrected chi connectivity index (χ2v) is 5.23. The Morgan fingerprint density at radius 3 is 2.47 bits per heavy atom. The van der Waals surface area contributed by atoms with Crippen LogP contribution in [0.4, 0.5) is 0 Å². The van der Waals surface area contributed by atoms with Crippen molar-refractivity contribution in [3.63, 3.8) is 0 Å². The van der Waals surface area contributed by atoms with E-state index in [0.29, 0.717) is 16.3 Å². The number of ether oxygens (including phenoxy) is 1. The van der Waals surface area contributed by atoms with Gasteiger partial charge in [0.1, 0.15) is 16.5 Å². The maximum Gasteiger partial charge on any atom is 0.139 e. The normalized spacial score (nSPS) is 10.3. The third-order valence-electron chi connectivity index (χ3n) is 2.92. The number of halogens is 1. The maximum absolute atomic E-state index is 5.98. The van der Waals surface area contributed by atoms with Gasteiger partial charge in [-0.2, -0.15) is 0 Å². The number of rotatable bonds is 3. The average molecular weight is 292 g/mol. The highest BCUT2D eigenvalue weighted by molar-refractivity contribution is 7.80. The van der Waals surface area contributed by atoms with Crippen LogP contribution in [0.5, 0.6) is 11.5 Å². The first-order chi connectivity index (χ1) is 8.97. The number of thiocarbonyl (C=S) groups is 1. The largest absolute Gasteiger partial charge is 0.457 e. The second kappa shape index (κ2) is 5.59. The topological polar surface area (TPSA) is 35.2 Å². The Morgan fingerprint density at radius 1 is 1.11 bits per heavy atom. The van der Waals surface area contributed by atoms with Gasteiger partial charge in [0.05, 0.1) is 5.56 Å². The Labute approximate surface area is 123 Å². The molecule has 0 unspecified atom stereocenters. The van der Waals surface area contributed by atoms with Gasteiger partial charge < -0.3 is 10.5 Å². The smallest absolute Gasteiger partial charge is 0.139 e. The molecule has 0 atom stereocenters. The van der Waals surface area contributed by atoms with Gasteiger partial charge >= 0.3 is 0 Å². The number of aryl methyl sites for hydroxylation is 2. The second-order valence-electron chi connectivity index (χ2n) is 4.35. The van der Waals surface area contributed by atoms with Gasteiger partial charge in [0.25, 0.3) is 0 Å². The quantitative estimate of drug-likeness (QED) is 0.852. The van der Waals surface area contributed by atoms with E-state index >= 15 is 0 Å². The van der Waals surface area contributed by atoms with Crippen molar-refractivity contribution in [3.05, 3.63) is 58.1 Å². The Balaban J connectivity index is 2.39. The fraction of sp³-hybridized carbons (Fsp3) is 0.133. The molecular formula is C15H14ClNOS. The Bertz CT molecular complexity index is 640. The van der Waals surface area contributed by atoms with E-state index in [1.54, 1.807) is 18.2 Å². The minimum Gasteiger partial charge on any atom is -0.457 e. The third kappa shape index (κ3) is 3.25. The predicted molar refractivity (Wildman–Crippen MR) is 83.3 cm³/mol. The summed E-state index contributed by atoms with van der Waals surface area (Å²) in [6.07, 6.45) is 0. The van der Waals surface area contributed by atoms with Gasteiger partial charge in [-0.3, -0.25) is 0 Å². The summed E-state index contributed by atoms with van der Waals surface area (Å²) in [7, 11) is 0. The molecule has 0 amide bonds. The van der Waals surface area contributed by atoms with Crippen LogP contribution in [0.15, 0.2) is 36.4 Å². The van der Waals surface area contributed by atoms with Gasteiger partial charge in [0.2, 0.25) is 0 Å². The molecule has 0 heterocycles. The lowest BCUT2D eigenvalue weighted by Gasteiger charge is -2.12. The highest BCUT2D eigenvalue weighted by Crippen LogP contribution is 2.29. The average Bonchev–Trinajstić information content (AvgIpc) is 2.33. The van der Waals surface area contributed by atoms with Gasteiger partial charge in [-0.05, 0) is 49.2 Å². The molecule has 4 heteroatoms. The standard InChI is InChI=1S/C15H14ClNOS/c1-9-3-5-12(7-10(9)2)18-14-8-11(16)4-6-13(14)15(17)19/h3-8H,1-2H3,(H2,17,19). The molecule has 19 heavy (non-hydrogen) atoms. The molecule has 0 spiro atoms. The van der Waals surface area contributed by atoms with E-state index in [1.165, 1.54) is 5.56 Å². The summed E-state index contributed by atoms with van der Waals surface area (Å²) < 4.78 is 5.84. The Hall–Kier alpha value is -1.58. The zero-order chi connectivity index (χ0) is 14.0. The van der Waals surface area contributed by atoms with Crippen LogP contribution >= 0.6 is 23.8 Å². The Kier molecular flexibility index (Phi) is 4.08. The van der Waals surface area contributed by atoms with E-state index in [1.807, 2.05) is 25.1 Å². The van der Waals surface area contributed by atoms with E-state index < -0.39 is 0 Å². The molecule has 0 fully saturated rings. The van der Waals surface area contributed by atoms with Crippen LogP contribution in [0.2, 0.25) is 5.02 Å². The summed E-state index contributed by atoms with van der Waals surface area (Å²) in [6.45, 7) is 4.09. The molecule has 0 aromatic heterocycles. The van der Waals surface area contributed by atoms with E-state index in [0.717, 1.165) is 11.3 Å². The summed E-state index contributed by atoms with van der Waals surface area (Å²) in [4.78, 5) is 0.288. The van der Waals surface area contributed by atoms with Gasteiger partial charge in [0.15, 0.2) is 0 Å². The first kappa shape index (κ1) is 13.8. The van der Waals surface area contributed by atoms with Gasteiger partial charge in [-0.1, -0.05) is 29.9 Å². The summed E-state index contributed by atoms with van der Waals surface area (Å²) in [5.41, 5.74) is 8.74. The predicted octanol–water partition coefficient (Wildman–Crippen LogP) is 4.38. The number of nitrogens with two attached hydrogens (primary N) is 1. The minimum atomic E-state index is 0.288.